The number of thioether (sulfide) groups is 1. The van der Waals surface area contributed by atoms with Crippen LogP contribution in [0.5, 0.6) is 5.75 Å². The van der Waals surface area contributed by atoms with Crippen molar-refractivity contribution >= 4 is 27.7 Å². The summed E-state index contributed by atoms with van der Waals surface area (Å²) >= 11 is 5.16. The Morgan fingerprint density at radius 2 is 2.00 bits per heavy atom. The first-order chi connectivity index (χ1) is 11.6. The summed E-state index contributed by atoms with van der Waals surface area (Å²) in [6, 6.07) is 12.4. The summed E-state index contributed by atoms with van der Waals surface area (Å²) in [6.07, 6.45) is 1.77. The first kappa shape index (κ1) is 17.0. The second-order valence-electron chi connectivity index (χ2n) is 5.52. The van der Waals surface area contributed by atoms with Crippen molar-refractivity contribution in [1.29, 1.82) is 0 Å². The number of methoxy groups -OCH3 is 1. The molecule has 3 rings (SSSR count). The molecule has 0 spiro atoms. The van der Waals surface area contributed by atoms with Crippen LogP contribution < -0.4 is 4.74 Å². The number of hydrogen-bond donors (Lipinski definition) is 0. The quantitative estimate of drug-likeness (QED) is 0.565. The summed E-state index contributed by atoms with van der Waals surface area (Å²) in [5.41, 5.74) is 4.65. The van der Waals surface area contributed by atoms with E-state index < -0.39 is 0 Å². The van der Waals surface area contributed by atoms with Gasteiger partial charge in [-0.2, -0.15) is 0 Å². The predicted octanol–water partition coefficient (Wildman–Crippen LogP) is 4.95. The molecule has 124 valence electrons. The molecule has 0 aliphatic heterocycles. The summed E-state index contributed by atoms with van der Waals surface area (Å²) in [4.78, 5) is 0. The van der Waals surface area contributed by atoms with Crippen LogP contribution in [0.3, 0.4) is 0 Å². The van der Waals surface area contributed by atoms with Crippen molar-refractivity contribution in [3.8, 4) is 11.4 Å². The van der Waals surface area contributed by atoms with Crippen molar-refractivity contribution in [2.75, 3.05) is 7.11 Å². The third-order valence-corrected chi connectivity index (χ3v) is 5.23. The molecule has 2 aromatic carbocycles. The smallest absolute Gasteiger partial charge is 0.195 e. The van der Waals surface area contributed by atoms with Crippen molar-refractivity contribution < 1.29 is 4.74 Å². The van der Waals surface area contributed by atoms with Gasteiger partial charge in [0.25, 0.3) is 0 Å². The van der Waals surface area contributed by atoms with Crippen LogP contribution in [0.2, 0.25) is 0 Å². The van der Waals surface area contributed by atoms with Crippen LogP contribution in [0.4, 0.5) is 0 Å². The van der Waals surface area contributed by atoms with Gasteiger partial charge in [-0.25, -0.2) is 0 Å². The molecule has 3 aromatic rings. The van der Waals surface area contributed by atoms with Gasteiger partial charge in [-0.15, -0.1) is 10.2 Å². The molecule has 0 aliphatic carbocycles. The van der Waals surface area contributed by atoms with E-state index in [1.54, 1.807) is 25.2 Å². The van der Waals surface area contributed by atoms with E-state index in [-0.39, 0.29) is 0 Å². The molecule has 1 aromatic heterocycles. The summed E-state index contributed by atoms with van der Waals surface area (Å²) < 4.78 is 8.52. The first-order valence-electron chi connectivity index (χ1n) is 7.51. The highest BCUT2D eigenvalue weighted by Crippen LogP contribution is 2.30. The molecule has 0 saturated heterocycles. The lowest BCUT2D eigenvalue weighted by molar-refractivity contribution is 0.411. The van der Waals surface area contributed by atoms with Gasteiger partial charge < -0.3 is 4.74 Å². The molecule has 0 saturated carbocycles. The molecule has 6 heteroatoms. The Hall–Kier alpha value is -1.79. The maximum Gasteiger partial charge on any atom is 0.195 e. The highest BCUT2D eigenvalue weighted by Gasteiger charge is 2.12. The number of rotatable bonds is 5. The Morgan fingerprint density at radius 1 is 1.17 bits per heavy atom. The molecule has 0 bridgehead atoms. The monoisotopic (exact) mass is 403 g/mol. The largest absolute Gasteiger partial charge is 0.496 e. The second-order valence-corrected chi connectivity index (χ2v) is 7.38. The van der Waals surface area contributed by atoms with Gasteiger partial charge in [0.15, 0.2) is 5.16 Å². The molecule has 0 radical (unpaired) electrons. The van der Waals surface area contributed by atoms with Gasteiger partial charge in [-0.3, -0.25) is 4.57 Å². The molecule has 0 N–H and O–H groups in total. The van der Waals surface area contributed by atoms with Crippen LogP contribution in [-0.4, -0.2) is 21.9 Å². The summed E-state index contributed by atoms with van der Waals surface area (Å²) in [5, 5.41) is 9.24. The van der Waals surface area contributed by atoms with Gasteiger partial charge in [0.2, 0.25) is 0 Å². The van der Waals surface area contributed by atoms with Gasteiger partial charge in [0, 0.05) is 15.8 Å². The molecule has 0 amide bonds. The third-order valence-electron chi connectivity index (χ3n) is 3.74. The standard InChI is InChI=1S/C18H18BrN3OS/c1-12-4-5-13(2)16(8-12)22-11-20-21-18(22)24-10-14-9-15(19)6-7-17(14)23-3/h4-9,11H,10H2,1-3H3. The number of benzene rings is 2. The van der Waals surface area contributed by atoms with Crippen LogP contribution in [0.1, 0.15) is 16.7 Å². The van der Waals surface area contributed by atoms with Crippen molar-refractivity contribution in [3.05, 3.63) is 63.9 Å². The van der Waals surface area contributed by atoms with Gasteiger partial charge in [0.1, 0.15) is 12.1 Å². The molecule has 0 fully saturated rings. The zero-order chi connectivity index (χ0) is 17.1. The SMILES string of the molecule is COc1ccc(Br)cc1CSc1nncn1-c1cc(C)ccc1C. The van der Waals surface area contributed by atoms with Crippen LogP contribution >= 0.6 is 27.7 Å². The molecule has 1 heterocycles. The minimum atomic E-state index is 0.756. The Balaban J connectivity index is 1.87. The molecule has 24 heavy (non-hydrogen) atoms. The Morgan fingerprint density at radius 3 is 2.79 bits per heavy atom. The number of aromatic nitrogens is 3. The highest BCUT2D eigenvalue weighted by atomic mass is 79.9. The van der Waals surface area contributed by atoms with E-state index in [9.17, 15) is 0 Å². The van der Waals surface area contributed by atoms with Crippen molar-refractivity contribution in [1.82, 2.24) is 14.8 Å². The van der Waals surface area contributed by atoms with E-state index in [0.717, 1.165) is 32.4 Å². The molecular formula is C18H18BrN3OS. The maximum absolute atomic E-state index is 5.44. The Labute approximate surface area is 154 Å². The zero-order valence-electron chi connectivity index (χ0n) is 13.8. The van der Waals surface area contributed by atoms with E-state index in [1.807, 2.05) is 16.7 Å². The fraction of sp³-hybridized carbons (Fsp3) is 0.222. The van der Waals surface area contributed by atoms with E-state index in [1.165, 1.54) is 11.1 Å². The second kappa shape index (κ2) is 7.40. The van der Waals surface area contributed by atoms with Crippen molar-refractivity contribution in [2.45, 2.75) is 24.8 Å². The summed E-state index contributed by atoms with van der Waals surface area (Å²) in [5.74, 6) is 1.63. The first-order valence-corrected chi connectivity index (χ1v) is 9.29. The van der Waals surface area contributed by atoms with Crippen LogP contribution in [-0.2, 0) is 5.75 Å². The zero-order valence-corrected chi connectivity index (χ0v) is 16.2. The Bertz CT molecular complexity index is 863. The number of nitrogens with zero attached hydrogens (tertiary/aromatic N) is 3. The minimum absolute atomic E-state index is 0.756. The van der Waals surface area contributed by atoms with E-state index in [4.69, 9.17) is 4.74 Å². The number of halogens is 1. The molecule has 0 aliphatic rings. The van der Waals surface area contributed by atoms with Gasteiger partial charge in [0.05, 0.1) is 12.8 Å². The summed E-state index contributed by atoms with van der Waals surface area (Å²) in [6.45, 7) is 4.19. The third kappa shape index (κ3) is 3.65. The minimum Gasteiger partial charge on any atom is -0.496 e. The molecular weight excluding hydrogens is 386 g/mol. The van der Waals surface area contributed by atoms with Crippen LogP contribution in [0.15, 0.2) is 52.4 Å². The lowest BCUT2D eigenvalue weighted by Gasteiger charge is -2.11. The average Bonchev–Trinajstić information content (AvgIpc) is 3.03. The van der Waals surface area contributed by atoms with E-state index in [0.29, 0.717) is 0 Å². The Kier molecular flexibility index (Phi) is 5.26. The normalized spacial score (nSPS) is 10.8. The fourth-order valence-corrected chi connectivity index (χ4v) is 3.78. The lowest BCUT2D eigenvalue weighted by atomic mass is 10.1. The molecule has 4 nitrogen and oxygen atoms in total. The van der Waals surface area contributed by atoms with Gasteiger partial charge in [-0.05, 0) is 49.2 Å². The van der Waals surface area contributed by atoms with Crippen molar-refractivity contribution in [2.24, 2.45) is 0 Å². The topological polar surface area (TPSA) is 39.9 Å². The predicted molar refractivity (Wildman–Crippen MR) is 101 cm³/mol. The highest BCUT2D eigenvalue weighted by molar-refractivity contribution is 9.10. The maximum atomic E-state index is 5.44. The van der Waals surface area contributed by atoms with Gasteiger partial charge >= 0.3 is 0 Å². The van der Waals surface area contributed by atoms with Crippen LogP contribution in [0.25, 0.3) is 5.69 Å². The number of aryl methyl sites for hydroxylation is 2. The molecule has 0 atom stereocenters. The molecule has 0 unspecified atom stereocenters. The number of hydrogen-bond acceptors (Lipinski definition) is 4. The van der Waals surface area contributed by atoms with Crippen LogP contribution in [0, 0.1) is 13.8 Å². The van der Waals surface area contributed by atoms with Crippen molar-refractivity contribution in [3.63, 3.8) is 0 Å². The summed E-state index contributed by atoms with van der Waals surface area (Å²) in [7, 11) is 1.69. The average molecular weight is 404 g/mol. The van der Waals surface area contributed by atoms with E-state index in [2.05, 4.69) is 64.2 Å². The van der Waals surface area contributed by atoms with E-state index >= 15 is 0 Å². The van der Waals surface area contributed by atoms with Gasteiger partial charge in [-0.1, -0.05) is 39.8 Å². The number of ether oxygens (including phenoxy) is 1. The lowest BCUT2D eigenvalue weighted by Crippen LogP contribution is -1.99. The fourth-order valence-electron chi connectivity index (χ4n) is 2.47.